The Morgan fingerprint density at radius 1 is 0.500 bits per heavy atom. The molecule has 5 aromatic carbocycles. The molecule has 0 radical (unpaired) electrons. The Hall–Kier alpha value is -5.06. The van der Waals surface area contributed by atoms with Crippen LogP contribution >= 0.6 is 0 Å². The molecule has 414 valence electrons. The van der Waals surface area contributed by atoms with E-state index in [4.69, 9.17) is 24.1 Å². The number of phenols is 1. The van der Waals surface area contributed by atoms with Crippen molar-refractivity contribution in [2.24, 2.45) is 0 Å². The highest BCUT2D eigenvalue weighted by Gasteiger charge is 2.16. The van der Waals surface area contributed by atoms with Crippen LogP contribution in [-0.4, -0.2) is 120 Å². The molecule has 0 bridgehead atoms. The average Bonchev–Trinajstić information content (AvgIpc) is 3.37. The number of methoxy groups -OCH3 is 1. The van der Waals surface area contributed by atoms with E-state index >= 15 is 0 Å². The quantitative estimate of drug-likeness (QED) is 0.0699. The monoisotopic (exact) mass is 1020 g/mol. The number of piperidine rings is 1. The molecular weight excluding hydrogens is 917 g/mol. The molecule has 0 spiro atoms. The second kappa shape index (κ2) is 38.5. The Kier molecular flexibility index (Phi) is 34.8. The van der Waals surface area contributed by atoms with E-state index in [1.54, 1.807) is 19.2 Å². The molecule has 9 heteroatoms. The Balaban J connectivity index is 0.000000465. The molecule has 74 heavy (non-hydrogen) atoms. The van der Waals surface area contributed by atoms with E-state index in [1.807, 2.05) is 50.5 Å². The first-order valence-corrected chi connectivity index (χ1v) is 27.2. The number of nitrogens with one attached hydrogen (secondary N) is 1. The fourth-order valence-corrected chi connectivity index (χ4v) is 7.48. The van der Waals surface area contributed by atoms with Gasteiger partial charge in [-0.1, -0.05) is 151 Å². The van der Waals surface area contributed by atoms with Crippen LogP contribution in [0.2, 0.25) is 0 Å². The van der Waals surface area contributed by atoms with E-state index in [9.17, 15) is 0 Å². The summed E-state index contributed by atoms with van der Waals surface area (Å²) in [5.74, 6) is 6.08. The number of ether oxygens (including phenoxy) is 4. The lowest BCUT2D eigenvalue weighted by Crippen LogP contribution is -2.36. The van der Waals surface area contributed by atoms with Gasteiger partial charge in [0.05, 0.1) is 6.61 Å². The van der Waals surface area contributed by atoms with E-state index in [-0.39, 0.29) is 7.43 Å². The number of likely N-dealkylation sites (N-methyl/N-ethyl adjacent to an activating group) is 2. The van der Waals surface area contributed by atoms with Gasteiger partial charge in [0.2, 0.25) is 0 Å². The van der Waals surface area contributed by atoms with Crippen molar-refractivity contribution in [1.29, 1.82) is 0 Å². The lowest BCUT2D eigenvalue weighted by atomic mass is 10.0. The van der Waals surface area contributed by atoms with Crippen LogP contribution in [0.3, 0.4) is 0 Å². The van der Waals surface area contributed by atoms with Crippen molar-refractivity contribution in [2.45, 2.75) is 139 Å². The second-order valence-corrected chi connectivity index (χ2v) is 20.8. The minimum absolute atomic E-state index is 0. The van der Waals surface area contributed by atoms with Crippen molar-refractivity contribution in [3.8, 4) is 23.0 Å². The zero-order valence-electron chi connectivity index (χ0n) is 48.4. The van der Waals surface area contributed by atoms with Crippen molar-refractivity contribution < 1.29 is 24.1 Å². The van der Waals surface area contributed by atoms with E-state index in [0.29, 0.717) is 54.6 Å². The summed E-state index contributed by atoms with van der Waals surface area (Å²) >= 11 is 0. The number of likely N-dealkylation sites (tertiary alicyclic amines) is 1. The summed E-state index contributed by atoms with van der Waals surface area (Å²) in [6, 6.07) is 41.9. The van der Waals surface area contributed by atoms with Crippen molar-refractivity contribution >= 4 is 5.69 Å². The standard InChI is InChI=1S/C15H24N2.C15H25NO.C13H21NO.C12H18O2.C9H12O.CH4/c1-12(2)13-4-6-14(7-5-13)16-15-8-10-17(3)11-9-15;1-5-16(6-2)11-12-17-15-9-7-14(8-10-15)13(3)4;1-11(2)12-5-7-13(8-6-12)15-10-9-14(3)4;1-10(2)11-4-6-12(7-5-11)14-9-8-13-3;1-7(2)8-3-5-9(10)6-4-8;/h4-7,12,15-16H,8-11H2,1-3H3;7-10,13H,5-6,11-12H2,1-4H3;5-8,11H,9-10H2,1-4H3;4-7,10H,8-9H2,1-3H3;3-7,10H,1-2H3;1H4. The molecule has 0 amide bonds. The number of anilines is 1. The predicted molar refractivity (Wildman–Crippen MR) is 320 cm³/mol. The number of aromatic hydroxyl groups is 1. The third kappa shape index (κ3) is 29.1. The van der Waals surface area contributed by atoms with Crippen LogP contribution in [0.1, 0.15) is 161 Å². The molecule has 0 saturated carbocycles. The number of rotatable bonds is 21. The van der Waals surface area contributed by atoms with E-state index < -0.39 is 0 Å². The normalized spacial score (nSPS) is 12.5. The van der Waals surface area contributed by atoms with Crippen LogP contribution < -0.4 is 19.5 Å². The van der Waals surface area contributed by atoms with Crippen molar-refractivity contribution in [2.75, 3.05) is 99.3 Å². The number of hydrogen-bond acceptors (Lipinski definition) is 9. The van der Waals surface area contributed by atoms with Crippen LogP contribution in [-0.2, 0) is 4.74 Å². The smallest absolute Gasteiger partial charge is 0.119 e. The fraction of sp³-hybridized carbons (Fsp3) is 0.538. The molecule has 6 rings (SSSR count). The number of hydrogen-bond donors (Lipinski definition) is 2. The fourth-order valence-electron chi connectivity index (χ4n) is 7.48. The molecular formula is C65H104N4O5. The average molecular weight is 1020 g/mol. The Bertz CT molecular complexity index is 2070. The van der Waals surface area contributed by atoms with Crippen LogP contribution in [0.25, 0.3) is 0 Å². The summed E-state index contributed by atoms with van der Waals surface area (Å²) in [4.78, 5) is 6.88. The predicted octanol–water partition coefficient (Wildman–Crippen LogP) is 15.6. The maximum Gasteiger partial charge on any atom is 0.119 e. The van der Waals surface area contributed by atoms with Crippen LogP contribution in [0.15, 0.2) is 121 Å². The van der Waals surface area contributed by atoms with Crippen molar-refractivity contribution in [1.82, 2.24) is 14.7 Å². The molecule has 0 atom stereocenters. The summed E-state index contributed by atoms with van der Waals surface area (Å²) < 4.78 is 21.7. The van der Waals surface area contributed by atoms with E-state index in [1.165, 1.54) is 59.4 Å². The Morgan fingerprint density at radius 3 is 1.15 bits per heavy atom. The molecule has 9 nitrogen and oxygen atoms in total. The molecule has 1 heterocycles. The van der Waals surface area contributed by atoms with Crippen LogP contribution in [0.4, 0.5) is 5.69 Å². The first kappa shape index (κ1) is 67.0. The van der Waals surface area contributed by atoms with Gasteiger partial charge in [0.15, 0.2) is 0 Å². The highest BCUT2D eigenvalue weighted by atomic mass is 16.5. The SMILES string of the molecule is C.CC(C)c1ccc(NC2CCN(C)CC2)cc1.CC(C)c1ccc(O)cc1.CC(C)c1ccc(OCCN(C)C)cc1.CCN(CC)CCOc1ccc(C(C)C)cc1.COCCOc1ccc(C(C)C)cc1. The highest BCUT2D eigenvalue weighted by molar-refractivity contribution is 5.46. The number of phenolic OH excluding ortho intramolecular Hbond substituents is 1. The van der Waals surface area contributed by atoms with Crippen molar-refractivity contribution in [3.05, 3.63) is 149 Å². The van der Waals surface area contributed by atoms with Gasteiger partial charge >= 0.3 is 0 Å². The molecule has 1 aliphatic rings. The molecule has 2 N–H and O–H groups in total. The van der Waals surface area contributed by atoms with Gasteiger partial charge in [-0.3, -0.25) is 0 Å². The molecule has 0 unspecified atom stereocenters. The van der Waals surface area contributed by atoms with Gasteiger partial charge in [0.25, 0.3) is 0 Å². The number of benzene rings is 5. The lowest BCUT2D eigenvalue weighted by molar-refractivity contribution is 0.146. The molecule has 0 aromatic heterocycles. The van der Waals surface area contributed by atoms with Gasteiger partial charge in [0.1, 0.15) is 42.8 Å². The Labute approximate surface area is 453 Å². The number of nitrogens with zero attached hydrogens (tertiary/aromatic N) is 3. The van der Waals surface area contributed by atoms with Crippen LogP contribution in [0, 0.1) is 0 Å². The molecule has 1 aliphatic heterocycles. The van der Waals surface area contributed by atoms with Gasteiger partial charge in [-0.05, 0) is 178 Å². The van der Waals surface area contributed by atoms with E-state index in [0.717, 1.165) is 56.6 Å². The molecule has 1 fully saturated rings. The summed E-state index contributed by atoms with van der Waals surface area (Å²) in [6.07, 6.45) is 2.50. The zero-order valence-corrected chi connectivity index (χ0v) is 48.4. The molecule has 0 aliphatic carbocycles. The minimum Gasteiger partial charge on any atom is -0.508 e. The lowest BCUT2D eigenvalue weighted by Gasteiger charge is -2.30. The van der Waals surface area contributed by atoms with Gasteiger partial charge in [0, 0.05) is 31.9 Å². The third-order valence-corrected chi connectivity index (χ3v) is 12.8. The summed E-state index contributed by atoms with van der Waals surface area (Å²) in [7, 11) is 7.97. The summed E-state index contributed by atoms with van der Waals surface area (Å²) in [5.41, 5.74) is 8.00. The largest absolute Gasteiger partial charge is 0.508 e. The maximum atomic E-state index is 8.94. The molecule has 1 saturated heterocycles. The maximum absolute atomic E-state index is 8.94. The van der Waals surface area contributed by atoms with Gasteiger partial charge in [-0.15, -0.1) is 0 Å². The summed E-state index contributed by atoms with van der Waals surface area (Å²) in [6.45, 7) is 35.6. The third-order valence-electron chi connectivity index (χ3n) is 12.8. The Morgan fingerprint density at radius 2 is 0.824 bits per heavy atom. The van der Waals surface area contributed by atoms with E-state index in [2.05, 4.69) is 183 Å². The molecule has 5 aromatic rings. The minimum atomic E-state index is 0. The zero-order chi connectivity index (χ0) is 54.1. The van der Waals surface area contributed by atoms with Crippen LogP contribution in [0.5, 0.6) is 23.0 Å². The topological polar surface area (TPSA) is 78.9 Å². The van der Waals surface area contributed by atoms with Gasteiger partial charge < -0.3 is 44.1 Å². The first-order chi connectivity index (χ1) is 34.8. The highest BCUT2D eigenvalue weighted by Crippen LogP contribution is 2.23. The second-order valence-electron chi connectivity index (χ2n) is 20.8. The first-order valence-electron chi connectivity index (χ1n) is 27.2. The van der Waals surface area contributed by atoms with Gasteiger partial charge in [-0.2, -0.15) is 0 Å². The summed E-state index contributed by atoms with van der Waals surface area (Å²) in [5, 5.41) is 12.6. The van der Waals surface area contributed by atoms with Crippen molar-refractivity contribution in [3.63, 3.8) is 0 Å². The van der Waals surface area contributed by atoms with Gasteiger partial charge in [-0.25, -0.2) is 0 Å².